The maximum Gasteiger partial charge on any atom is 0.125 e. The number of hydrogen-bond donors (Lipinski definition) is 0. The molecule has 1 heterocycles. The summed E-state index contributed by atoms with van der Waals surface area (Å²) >= 11 is 4.81. The van der Waals surface area contributed by atoms with Crippen molar-refractivity contribution in [3.8, 4) is 0 Å². The zero-order valence-corrected chi connectivity index (χ0v) is 5.53. The van der Waals surface area contributed by atoms with Gasteiger partial charge in [0.1, 0.15) is 4.99 Å². The van der Waals surface area contributed by atoms with E-state index in [2.05, 4.69) is 4.99 Å². The molecule has 0 aromatic rings. The zero-order chi connectivity index (χ0) is 5.98. The molecule has 0 fully saturated rings. The summed E-state index contributed by atoms with van der Waals surface area (Å²) in [5.74, 6) is 0. The van der Waals surface area contributed by atoms with Gasteiger partial charge in [-0.3, -0.25) is 0 Å². The number of rotatable bonds is 0. The first kappa shape index (κ1) is 5.63. The minimum absolute atomic E-state index is 0.703. The Balaban J connectivity index is 2.74. The van der Waals surface area contributed by atoms with Gasteiger partial charge < -0.3 is 0 Å². The summed E-state index contributed by atoms with van der Waals surface area (Å²) < 4.78 is 0. The van der Waals surface area contributed by atoms with Crippen molar-refractivity contribution in [3.05, 3.63) is 12.2 Å². The molecular formula is C6H7NS. The van der Waals surface area contributed by atoms with Crippen LogP contribution in [0.5, 0.6) is 0 Å². The second kappa shape index (κ2) is 2.18. The largest absolute Gasteiger partial charge is 0.246 e. The van der Waals surface area contributed by atoms with E-state index in [0.29, 0.717) is 4.99 Å². The van der Waals surface area contributed by atoms with Crippen LogP contribution >= 0.6 is 12.2 Å². The number of nitrogens with zero attached hydrogens (tertiary/aromatic N) is 1. The maximum atomic E-state index is 4.81. The van der Waals surface area contributed by atoms with Crippen LogP contribution in [0.1, 0.15) is 13.3 Å². The molecule has 0 bridgehead atoms. The second-order valence-electron chi connectivity index (χ2n) is 1.79. The monoisotopic (exact) mass is 125 g/mol. The van der Waals surface area contributed by atoms with E-state index in [1.54, 1.807) is 0 Å². The number of hydrogen-bond acceptors (Lipinski definition) is 1. The van der Waals surface area contributed by atoms with Crippen LogP contribution in [0.3, 0.4) is 0 Å². The molecule has 0 aliphatic carbocycles. The van der Waals surface area contributed by atoms with Crippen molar-refractivity contribution < 1.29 is 0 Å². The average Bonchev–Trinajstić information content (AvgIpc) is 1.64. The van der Waals surface area contributed by atoms with E-state index in [1.807, 2.05) is 19.1 Å². The van der Waals surface area contributed by atoms with Crippen LogP contribution in [0.25, 0.3) is 0 Å². The van der Waals surface area contributed by atoms with Gasteiger partial charge in [-0.2, -0.15) is 0 Å². The van der Waals surface area contributed by atoms with Crippen molar-refractivity contribution in [3.63, 3.8) is 0 Å². The van der Waals surface area contributed by atoms with Gasteiger partial charge in [-0.05, 0) is 13.0 Å². The first-order valence-corrected chi connectivity index (χ1v) is 2.94. The van der Waals surface area contributed by atoms with Crippen LogP contribution in [0, 0.1) is 0 Å². The number of dihydropyridines is 1. The maximum absolute atomic E-state index is 4.81. The predicted octanol–water partition coefficient (Wildman–Crippen LogP) is 1.73. The van der Waals surface area contributed by atoms with Crippen LogP contribution < -0.4 is 0 Å². The fourth-order valence-electron chi connectivity index (χ4n) is 0.601. The quantitative estimate of drug-likeness (QED) is 0.449. The highest BCUT2D eigenvalue weighted by Crippen LogP contribution is 1.98. The van der Waals surface area contributed by atoms with E-state index in [1.165, 1.54) is 0 Å². The third-order valence-electron chi connectivity index (χ3n) is 0.975. The molecule has 0 atom stereocenters. The Morgan fingerprint density at radius 1 is 1.75 bits per heavy atom. The minimum Gasteiger partial charge on any atom is -0.246 e. The Morgan fingerprint density at radius 3 is 2.88 bits per heavy atom. The molecule has 0 radical (unpaired) electrons. The Morgan fingerprint density at radius 2 is 2.50 bits per heavy atom. The molecular weight excluding hydrogens is 118 g/mol. The third-order valence-corrected chi connectivity index (χ3v) is 1.20. The molecule has 0 saturated carbocycles. The van der Waals surface area contributed by atoms with Gasteiger partial charge in [0.05, 0.1) is 0 Å². The summed E-state index contributed by atoms with van der Waals surface area (Å²) in [6, 6.07) is 0. The van der Waals surface area contributed by atoms with Crippen LogP contribution in [-0.2, 0) is 0 Å². The molecule has 0 saturated heterocycles. The van der Waals surface area contributed by atoms with Gasteiger partial charge in [0.15, 0.2) is 0 Å². The van der Waals surface area contributed by atoms with Crippen molar-refractivity contribution in [1.82, 2.24) is 0 Å². The van der Waals surface area contributed by atoms with Gasteiger partial charge >= 0.3 is 0 Å². The van der Waals surface area contributed by atoms with Crippen LogP contribution in [0.2, 0.25) is 0 Å². The van der Waals surface area contributed by atoms with Gasteiger partial charge in [-0.15, -0.1) is 0 Å². The van der Waals surface area contributed by atoms with E-state index in [9.17, 15) is 0 Å². The van der Waals surface area contributed by atoms with Gasteiger partial charge in [0.2, 0.25) is 0 Å². The first-order chi connectivity index (χ1) is 3.79. The highest BCUT2D eigenvalue weighted by atomic mass is 32.1. The molecule has 0 amide bonds. The van der Waals surface area contributed by atoms with Gasteiger partial charge in [-0.1, -0.05) is 18.3 Å². The minimum atomic E-state index is 0.703. The molecule has 1 rings (SSSR count). The molecule has 42 valence electrons. The topological polar surface area (TPSA) is 12.4 Å². The highest BCUT2D eigenvalue weighted by molar-refractivity contribution is 7.80. The zero-order valence-electron chi connectivity index (χ0n) is 4.72. The lowest BCUT2D eigenvalue weighted by Crippen LogP contribution is -1.98. The fourth-order valence-corrected chi connectivity index (χ4v) is 0.853. The molecule has 0 spiro atoms. The molecule has 0 N–H and O–H groups in total. The Hall–Kier alpha value is -0.500. The number of thiocarbonyl (C=S) groups is 1. The SMILES string of the molecule is CC1=NC(=S)C=CC1. The molecule has 1 aliphatic heterocycles. The van der Waals surface area contributed by atoms with E-state index in [-0.39, 0.29) is 0 Å². The smallest absolute Gasteiger partial charge is 0.125 e. The summed E-state index contributed by atoms with van der Waals surface area (Å²) in [6.45, 7) is 1.98. The Bertz CT molecular complexity index is 167. The van der Waals surface area contributed by atoms with Crippen molar-refractivity contribution in [1.29, 1.82) is 0 Å². The van der Waals surface area contributed by atoms with Crippen LogP contribution in [-0.4, -0.2) is 10.7 Å². The third kappa shape index (κ3) is 1.23. The average molecular weight is 125 g/mol. The lowest BCUT2D eigenvalue weighted by atomic mass is 10.2. The van der Waals surface area contributed by atoms with Crippen LogP contribution in [0.4, 0.5) is 0 Å². The van der Waals surface area contributed by atoms with Crippen molar-refractivity contribution in [2.75, 3.05) is 0 Å². The summed E-state index contributed by atoms with van der Waals surface area (Å²) in [7, 11) is 0. The molecule has 0 aromatic carbocycles. The van der Waals surface area contributed by atoms with Gasteiger partial charge in [-0.25, -0.2) is 4.99 Å². The molecule has 0 unspecified atom stereocenters. The summed E-state index contributed by atoms with van der Waals surface area (Å²) in [5, 5.41) is 0. The predicted molar refractivity (Wildman–Crippen MR) is 39.5 cm³/mol. The highest BCUT2D eigenvalue weighted by Gasteiger charge is 1.94. The van der Waals surface area contributed by atoms with Gasteiger partial charge in [0, 0.05) is 12.1 Å². The van der Waals surface area contributed by atoms with E-state index >= 15 is 0 Å². The summed E-state index contributed by atoms with van der Waals surface area (Å²) in [6.07, 6.45) is 4.85. The lowest BCUT2D eigenvalue weighted by molar-refractivity contribution is 1.40. The van der Waals surface area contributed by atoms with Gasteiger partial charge in [0.25, 0.3) is 0 Å². The van der Waals surface area contributed by atoms with E-state index < -0.39 is 0 Å². The molecule has 1 nitrogen and oxygen atoms in total. The summed E-state index contributed by atoms with van der Waals surface area (Å²) in [4.78, 5) is 4.75. The van der Waals surface area contributed by atoms with E-state index in [4.69, 9.17) is 12.2 Å². The second-order valence-corrected chi connectivity index (χ2v) is 2.21. The Kier molecular flexibility index (Phi) is 1.53. The summed E-state index contributed by atoms with van der Waals surface area (Å²) in [5.41, 5.74) is 1.11. The van der Waals surface area contributed by atoms with Crippen molar-refractivity contribution >= 4 is 22.9 Å². The lowest BCUT2D eigenvalue weighted by Gasteiger charge is -1.98. The normalized spacial score (nSPS) is 18.6. The Labute approximate surface area is 54.1 Å². The van der Waals surface area contributed by atoms with E-state index in [0.717, 1.165) is 12.1 Å². The fraction of sp³-hybridized carbons (Fsp3) is 0.333. The van der Waals surface area contributed by atoms with Crippen molar-refractivity contribution in [2.24, 2.45) is 4.99 Å². The molecule has 2 heteroatoms. The number of aliphatic imine (C=N–C) groups is 1. The number of allylic oxidation sites excluding steroid dienone is 1. The first-order valence-electron chi connectivity index (χ1n) is 2.54. The van der Waals surface area contributed by atoms with Crippen LogP contribution in [0.15, 0.2) is 17.1 Å². The van der Waals surface area contributed by atoms with Crippen molar-refractivity contribution in [2.45, 2.75) is 13.3 Å². The standard InChI is InChI=1S/C6H7NS/c1-5-3-2-4-6(8)7-5/h2,4H,3H2,1H3. The molecule has 8 heavy (non-hydrogen) atoms. The molecule has 0 aromatic heterocycles. The molecule has 1 aliphatic rings.